The molecule has 0 spiro atoms. The van der Waals surface area contributed by atoms with Gasteiger partial charge in [0.05, 0.1) is 13.7 Å². The molecule has 0 aliphatic carbocycles. The molecule has 4 heteroatoms. The number of rotatable bonds is 4. The Labute approximate surface area is 120 Å². The minimum Gasteiger partial charge on any atom is -0.496 e. The number of morpholine rings is 1. The number of methoxy groups -OCH3 is 1. The van der Waals surface area contributed by atoms with Crippen molar-refractivity contribution in [3.63, 3.8) is 0 Å². The standard InChI is InChI=1S/C16H23NO3/c1-3-8-17-10-15-16(18,9-12(17)11-20-15)13-6-4-5-7-14(13)19-2/h4-7,12,15,18H,3,8-11H2,1-2H3/t12-,15+,16+/m0/s1. The Hall–Kier alpha value is -1.10. The highest BCUT2D eigenvalue weighted by atomic mass is 16.5. The van der Waals surface area contributed by atoms with Crippen LogP contribution in [0.5, 0.6) is 5.75 Å². The van der Waals surface area contributed by atoms with Gasteiger partial charge < -0.3 is 14.6 Å². The monoisotopic (exact) mass is 277 g/mol. The van der Waals surface area contributed by atoms with E-state index >= 15 is 0 Å². The zero-order valence-electron chi connectivity index (χ0n) is 12.2. The molecule has 0 radical (unpaired) electrons. The van der Waals surface area contributed by atoms with Crippen molar-refractivity contribution in [1.29, 1.82) is 0 Å². The van der Waals surface area contributed by atoms with Crippen molar-refractivity contribution in [2.24, 2.45) is 0 Å². The highest BCUT2D eigenvalue weighted by Gasteiger charge is 2.52. The summed E-state index contributed by atoms with van der Waals surface area (Å²) in [4.78, 5) is 2.44. The first-order chi connectivity index (χ1) is 9.69. The lowest BCUT2D eigenvalue weighted by molar-refractivity contribution is -0.222. The first-order valence-electron chi connectivity index (χ1n) is 7.40. The lowest BCUT2D eigenvalue weighted by Gasteiger charge is -2.53. The van der Waals surface area contributed by atoms with Crippen LogP contribution in [-0.2, 0) is 10.3 Å². The zero-order chi connectivity index (χ0) is 14.2. The summed E-state index contributed by atoms with van der Waals surface area (Å²) in [5, 5.41) is 11.2. The van der Waals surface area contributed by atoms with Crippen LogP contribution in [0.2, 0.25) is 0 Å². The van der Waals surface area contributed by atoms with Gasteiger partial charge in [-0.05, 0) is 19.0 Å². The van der Waals surface area contributed by atoms with Crippen LogP contribution in [0.4, 0.5) is 0 Å². The molecule has 3 aliphatic rings. The van der Waals surface area contributed by atoms with Gasteiger partial charge in [0.1, 0.15) is 17.5 Å². The maximum absolute atomic E-state index is 11.2. The molecule has 3 aliphatic heterocycles. The van der Waals surface area contributed by atoms with E-state index in [4.69, 9.17) is 9.47 Å². The second-order valence-electron chi connectivity index (χ2n) is 5.80. The van der Waals surface area contributed by atoms with Gasteiger partial charge in [0.15, 0.2) is 0 Å². The fourth-order valence-corrected chi connectivity index (χ4v) is 3.56. The molecule has 0 unspecified atom stereocenters. The molecule has 3 atom stereocenters. The minimum absolute atomic E-state index is 0.171. The van der Waals surface area contributed by atoms with Crippen LogP contribution in [0.15, 0.2) is 24.3 Å². The number of hydrogen-bond donors (Lipinski definition) is 1. The number of para-hydroxylation sites is 1. The first kappa shape index (κ1) is 13.9. The summed E-state index contributed by atoms with van der Waals surface area (Å²) >= 11 is 0. The van der Waals surface area contributed by atoms with Crippen molar-refractivity contribution in [1.82, 2.24) is 4.90 Å². The number of piperidine rings is 1. The normalized spacial score (nSPS) is 33.4. The summed E-state index contributed by atoms with van der Waals surface area (Å²) < 4.78 is 11.3. The molecule has 20 heavy (non-hydrogen) atoms. The Balaban J connectivity index is 1.91. The van der Waals surface area contributed by atoms with Crippen LogP contribution in [0.25, 0.3) is 0 Å². The van der Waals surface area contributed by atoms with Gasteiger partial charge in [-0.3, -0.25) is 4.90 Å². The predicted octanol–water partition coefficient (Wildman–Crippen LogP) is 1.77. The van der Waals surface area contributed by atoms with Crippen LogP contribution in [0, 0.1) is 0 Å². The molecule has 4 rings (SSSR count). The molecule has 3 heterocycles. The second-order valence-corrected chi connectivity index (χ2v) is 5.80. The van der Waals surface area contributed by atoms with Crippen molar-refractivity contribution in [2.45, 2.75) is 37.5 Å². The average molecular weight is 277 g/mol. The molecule has 1 aromatic rings. The van der Waals surface area contributed by atoms with E-state index in [0.717, 1.165) is 43.9 Å². The number of benzene rings is 1. The van der Waals surface area contributed by atoms with Crippen molar-refractivity contribution in [3.05, 3.63) is 29.8 Å². The van der Waals surface area contributed by atoms with Crippen LogP contribution < -0.4 is 4.74 Å². The second kappa shape index (κ2) is 5.35. The smallest absolute Gasteiger partial charge is 0.125 e. The van der Waals surface area contributed by atoms with E-state index in [0.29, 0.717) is 6.04 Å². The van der Waals surface area contributed by atoms with Gasteiger partial charge in [-0.2, -0.15) is 0 Å². The summed E-state index contributed by atoms with van der Waals surface area (Å²) in [5.74, 6) is 0.744. The maximum Gasteiger partial charge on any atom is 0.125 e. The zero-order valence-corrected chi connectivity index (χ0v) is 12.2. The SMILES string of the molecule is CCCN1C[C@H]2OC[C@@H]1C[C@@]2(O)c1ccccc1OC. The summed E-state index contributed by atoms with van der Waals surface area (Å²) in [5.41, 5.74) is -0.0758. The first-order valence-corrected chi connectivity index (χ1v) is 7.40. The maximum atomic E-state index is 11.2. The Kier molecular flexibility index (Phi) is 3.71. The van der Waals surface area contributed by atoms with Gasteiger partial charge in [0.25, 0.3) is 0 Å². The molecular formula is C16H23NO3. The van der Waals surface area contributed by atoms with E-state index in [9.17, 15) is 5.11 Å². The van der Waals surface area contributed by atoms with Crippen molar-refractivity contribution in [2.75, 3.05) is 26.8 Å². The number of nitrogens with zero attached hydrogens (tertiary/aromatic N) is 1. The Morgan fingerprint density at radius 3 is 2.90 bits per heavy atom. The minimum atomic E-state index is -0.931. The highest BCUT2D eigenvalue weighted by Crippen LogP contribution is 2.44. The van der Waals surface area contributed by atoms with E-state index in [1.807, 2.05) is 24.3 Å². The molecule has 1 aromatic carbocycles. The summed E-state index contributed by atoms with van der Waals surface area (Å²) in [7, 11) is 1.65. The number of fused-ring (bicyclic) bond motifs is 3. The van der Waals surface area contributed by atoms with Gasteiger partial charge in [0, 0.05) is 24.6 Å². The Morgan fingerprint density at radius 2 is 2.25 bits per heavy atom. The van der Waals surface area contributed by atoms with Crippen molar-refractivity contribution < 1.29 is 14.6 Å². The quantitative estimate of drug-likeness (QED) is 0.910. The number of ether oxygens (including phenoxy) is 2. The molecule has 3 saturated heterocycles. The number of aliphatic hydroxyl groups is 1. The Morgan fingerprint density at radius 1 is 1.45 bits per heavy atom. The van der Waals surface area contributed by atoms with Gasteiger partial charge >= 0.3 is 0 Å². The van der Waals surface area contributed by atoms with E-state index in [1.54, 1.807) is 7.11 Å². The van der Waals surface area contributed by atoms with Crippen molar-refractivity contribution in [3.8, 4) is 5.75 Å². The van der Waals surface area contributed by atoms with Crippen LogP contribution in [0.3, 0.4) is 0 Å². The van der Waals surface area contributed by atoms with E-state index < -0.39 is 5.60 Å². The predicted molar refractivity (Wildman–Crippen MR) is 76.9 cm³/mol. The van der Waals surface area contributed by atoms with E-state index in [2.05, 4.69) is 11.8 Å². The molecule has 1 N–H and O–H groups in total. The molecule has 0 saturated carbocycles. The third-order valence-electron chi connectivity index (χ3n) is 4.57. The molecule has 3 fully saturated rings. The lowest BCUT2D eigenvalue weighted by Crippen LogP contribution is -2.65. The van der Waals surface area contributed by atoms with Gasteiger partial charge in [-0.1, -0.05) is 25.1 Å². The van der Waals surface area contributed by atoms with Crippen molar-refractivity contribution >= 4 is 0 Å². The summed E-state index contributed by atoms with van der Waals surface area (Å²) in [6.45, 7) is 4.79. The molecule has 0 aromatic heterocycles. The molecule has 2 bridgehead atoms. The average Bonchev–Trinajstić information content (AvgIpc) is 2.49. The lowest BCUT2D eigenvalue weighted by atomic mass is 9.76. The van der Waals surface area contributed by atoms with Crippen LogP contribution in [0.1, 0.15) is 25.3 Å². The van der Waals surface area contributed by atoms with Gasteiger partial charge in [-0.25, -0.2) is 0 Å². The number of hydrogen-bond acceptors (Lipinski definition) is 4. The highest BCUT2D eigenvalue weighted by molar-refractivity contribution is 5.40. The third kappa shape index (κ3) is 2.12. The summed E-state index contributed by atoms with van der Waals surface area (Å²) in [6.07, 6.45) is 1.68. The van der Waals surface area contributed by atoms with Gasteiger partial charge in [-0.15, -0.1) is 0 Å². The molecule has 110 valence electrons. The molecule has 0 amide bonds. The van der Waals surface area contributed by atoms with Crippen LogP contribution >= 0.6 is 0 Å². The van der Waals surface area contributed by atoms with E-state index in [-0.39, 0.29) is 6.10 Å². The largest absolute Gasteiger partial charge is 0.496 e. The van der Waals surface area contributed by atoms with Crippen LogP contribution in [-0.4, -0.2) is 49.0 Å². The Bertz CT molecular complexity index is 479. The van der Waals surface area contributed by atoms with Gasteiger partial charge in [0.2, 0.25) is 0 Å². The van der Waals surface area contributed by atoms with E-state index in [1.165, 1.54) is 0 Å². The third-order valence-corrected chi connectivity index (χ3v) is 4.57. The summed E-state index contributed by atoms with van der Waals surface area (Å²) in [6, 6.07) is 8.03. The topological polar surface area (TPSA) is 41.9 Å². The fourth-order valence-electron chi connectivity index (χ4n) is 3.56. The molecule has 4 nitrogen and oxygen atoms in total. The fraction of sp³-hybridized carbons (Fsp3) is 0.625. The molecular weight excluding hydrogens is 254 g/mol.